The predicted octanol–water partition coefficient (Wildman–Crippen LogP) is 1.94. The molecule has 2 heterocycles. The van der Waals surface area contributed by atoms with E-state index in [1.807, 2.05) is 38.4 Å². The van der Waals surface area contributed by atoms with Crippen LogP contribution in [0, 0.1) is 0 Å². The Morgan fingerprint density at radius 3 is 2.43 bits per heavy atom. The lowest BCUT2D eigenvalue weighted by molar-refractivity contribution is 0.414. The van der Waals surface area contributed by atoms with Crippen molar-refractivity contribution < 1.29 is 4.74 Å². The molecule has 0 bridgehead atoms. The predicted molar refractivity (Wildman–Crippen MR) is 80.3 cm³/mol. The fourth-order valence-corrected chi connectivity index (χ4v) is 2.00. The molecule has 0 aliphatic rings. The summed E-state index contributed by atoms with van der Waals surface area (Å²) < 4.78 is 5.13. The molecule has 0 amide bonds. The Hall–Kier alpha value is -2.41. The normalized spacial score (nSPS) is 10.9. The minimum atomic E-state index is 0.281. The Morgan fingerprint density at radius 2 is 1.81 bits per heavy atom. The molecule has 0 radical (unpaired) electrons. The number of benzene rings is 1. The quantitative estimate of drug-likeness (QED) is 0.689. The van der Waals surface area contributed by atoms with E-state index in [-0.39, 0.29) is 5.15 Å². The van der Waals surface area contributed by atoms with Gasteiger partial charge in [-0.1, -0.05) is 11.6 Å². The molecule has 2 aromatic heterocycles. The average Bonchev–Trinajstić information content (AvgIpc) is 2.92. The zero-order chi connectivity index (χ0) is 15.0. The summed E-state index contributed by atoms with van der Waals surface area (Å²) in [6.45, 7) is 0. The number of ether oxygens (including phenoxy) is 1. The molecule has 0 aliphatic carbocycles. The van der Waals surface area contributed by atoms with Crippen molar-refractivity contribution in [1.29, 1.82) is 0 Å². The standard InChI is InChI=1S/C13H13ClN6O/c1-19(2)13-15-11(14)10-12(16-13)18-20(17-10)8-4-6-9(21-3)7-5-8/h4-7H,1-3H3. The summed E-state index contributed by atoms with van der Waals surface area (Å²) in [5.74, 6) is 1.26. The van der Waals surface area contributed by atoms with Gasteiger partial charge in [0.05, 0.1) is 12.8 Å². The van der Waals surface area contributed by atoms with E-state index in [0.29, 0.717) is 17.1 Å². The van der Waals surface area contributed by atoms with Crippen LogP contribution in [0.15, 0.2) is 24.3 Å². The molecule has 1 aromatic carbocycles. The molecule has 8 heteroatoms. The zero-order valence-corrected chi connectivity index (χ0v) is 12.5. The Balaban J connectivity index is 2.09. The van der Waals surface area contributed by atoms with Crippen LogP contribution in [-0.4, -0.2) is 46.2 Å². The van der Waals surface area contributed by atoms with Gasteiger partial charge in [-0.2, -0.15) is 9.97 Å². The minimum absolute atomic E-state index is 0.281. The minimum Gasteiger partial charge on any atom is -0.497 e. The smallest absolute Gasteiger partial charge is 0.228 e. The zero-order valence-electron chi connectivity index (χ0n) is 11.8. The first-order chi connectivity index (χ1) is 10.1. The molecule has 21 heavy (non-hydrogen) atoms. The van der Waals surface area contributed by atoms with Crippen molar-refractivity contribution in [2.75, 3.05) is 26.1 Å². The van der Waals surface area contributed by atoms with Crippen LogP contribution in [0.1, 0.15) is 0 Å². The van der Waals surface area contributed by atoms with Crippen molar-refractivity contribution in [2.45, 2.75) is 0 Å². The highest BCUT2D eigenvalue weighted by Crippen LogP contribution is 2.21. The van der Waals surface area contributed by atoms with Crippen LogP contribution in [0.4, 0.5) is 5.95 Å². The largest absolute Gasteiger partial charge is 0.497 e. The molecule has 0 saturated heterocycles. The van der Waals surface area contributed by atoms with Gasteiger partial charge in [0.15, 0.2) is 10.7 Å². The number of hydrogen-bond acceptors (Lipinski definition) is 6. The van der Waals surface area contributed by atoms with Crippen LogP contribution in [0.5, 0.6) is 5.75 Å². The maximum Gasteiger partial charge on any atom is 0.228 e. The van der Waals surface area contributed by atoms with Crippen LogP contribution in [0.3, 0.4) is 0 Å². The number of methoxy groups -OCH3 is 1. The second kappa shape index (κ2) is 5.17. The monoisotopic (exact) mass is 304 g/mol. The summed E-state index contributed by atoms with van der Waals surface area (Å²) in [7, 11) is 5.30. The van der Waals surface area contributed by atoms with Gasteiger partial charge in [-0.15, -0.1) is 15.0 Å². The number of fused-ring (bicyclic) bond motifs is 1. The molecular formula is C13H13ClN6O. The van der Waals surface area contributed by atoms with E-state index in [1.165, 1.54) is 4.80 Å². The molecule has 0 atom stereocenters. The van der Waals surface area contributed by atoms with Crippen molar-refractivity contribution in [3.8, 4) is 11.4 Å². The highest BCUT2D eigenvalue weighted by atomic mass is 35.5. The van der Waals surface area contributed by atoms with Crippen molar-refractivity contribution in [3.63, 3.8) is 0 Å². The van der Waals surface area contributed by atoms with Gasteiger partial charge >= 0.3 is 0 Å². The Kier molecular flexibility index (Phi) is 3.34. The third-order valence-corrected chi connectivity index (χ3v) is 3.16. The topological polar surface area (TPSA) is 69.0 Å². The highest BCUT2D eigenvalue weighted by molar-refractivity contribution is 6.33. The van der Waals surface area contributed by atoms with Crippen LogP contribution in [0.2, 0.25) is 5.15 Å². The summed E-state index contributed by atoms with van der Waals surface area (Å²) in [4.78, 5) is 11.7. The van der Waals surface area contributed by atoms with Gasteiger partial charge in [-0.05, 0) is 24.3 Å². The summed E-state index contributed by atoms with van der Waals surface area (Å²) in [6.07, 6.45) is 0. The van der Waals surface area contributed by atoms with Crippen molar-refractivity contribution in [3.05, 3.63) is 29.4 Å². The molecule has 0 saturated carbocycles. The molecule has 0 fully saturated rings. The van der Waals surface area contributed by atoms with E-state index in [2.05, 4.69) is 20.2 Å². The Bertz CT molecular complexity index is 783. The second-order valence-corrected chi connectivity index (χ2v) is 4.93. The molecule has 0 aliphatic heterocycles. The lowest BCUT2D eigenvalue weighted by Gasteiger charge is -2.08. The van der Waals surface area contributed by atoms with Gasteiger partial charge in [-0.25, -0.2) is 0 Å². The summed E-state index contributed by atoms with van der Waals surface area (Å²) >= 11 is 6.14. The first kappa shape index (κ1) is 13.6. The van der Waals surface area contributed by atoms with Crippen LogP contribution < -0.4 is 9.64 Å². The lowest BCUT2D eigenvalue weighted by Crippen LogP contribution is -2.12. The van der Waals surface area contributed by atoms with Gasteiger partial charge in [0.25, 0.3) is 0 Å². The van der Waals surface area contributed by atoms with Crippen molar-refractivity contribution in [1.82, 2.24) is 25.0 Å². The number of halogens is 1. The van der Waals surface area contributed by atoms with Gasteiger partial charge in [0.1, 0.15) is 5.75 Å². The molecule has 3 rings (SSSR count). The number of rotatable bonds is 3. The maximum atomic E-state index is 6.14. The molecular weight excluding hydrogens is 292 g/mol. The second-order valence-electron chi connectivity index (χ2n) is 4.57. The Labute approximate surface area is 126 Å². The molecule has 0 spiro atoms. The Morgan fingerprint density at radius 1 is 1.10 bits per heavy atom. The number of hydrogen-bond donors (Lipinski definition) is 0. The number of aromatic nitrogens is 5. The molecule has 7 nitrogen and oxygen atoms in total. The summed E-state index contributed by atoms with van der Waals surface area (Å²) in [6, 6.07) is 7.38. The average molecular weight is 305 g/mol. The molecule has 108 valence electrons. The number of nitrogens with zero attached hydrogens (tertiary/aromatic N) is 6. The molecule has 0 N–H and O–H groups in total. The third kappa shape index (κ3) is 2.47. The van der Waals surface area contributed by atoms with E-state index in [9.17, 15) is 0 Å². The first-order valence-corrected chi connectivity index (χ1v) is 6.58. The summed E-state index contributed by atoms with van der Waals surface area (Å²) in [5.41, 5.74) is 1.71. The van der Waals surface area contributed by atoms with Crippen LogP contribution in [-0.2, 0) is 0 Å². The SMILES string of the molecule is COc1ccc(-n2nc3nc(N(C)C)nc(Cl)c3n2)cc1. The number of anilines is 1. The van der Waals surface area contributed by atoms with Gasteiger partial charge in [0, 0.05) is 14.1 Å². The maximum absolute atomic E-state index is 6.14. The fraction of sp³-hybridized carbons (Fsp3) is 0.231. The van der Waals surface area contributed by atoms with Crippen LogP contribution in [0.25, 0.3) is 16.9 Å². The molecule has 0 unspecified atom stereocenters. The van der Waals surface area contributed by atoms with Crippen LogP contribution >= 0.6 is 11.6 Å². The lowest BCUT2D eigenvalue weighted by atomic mass is 10.3. The van der Waals surface area contributed by atoms with E-state index in [4.69, 9.17) is 16.3 Å². The van der Waals surface area contributed by atoms with E-state index in [1.54, 1.807) is 12.0 Å². The molecule has 3 aromatic rings. The van der Waals surface area contributed by atoms with Crippen molar-refractivity contribution in [2.24, 2.45) is 0 Å². The fourth-order valence-electron chi connectivity index (χ4n) is 1.80. The van der Waals surface area contributed by atoms with Gasteiger partial charge < -0.3 is 9.64 Å². The summed E-state index contributed by atoms with van der Waals surface area (Å²) in [5, 5.41) is 8.95. The van der Waals surface area contributed by atoms with E-state index in [0.717, 1.165) is 11.4 Å². The first-order valence-electron chi connectivity index (χ1n) is 6.21. The van der Waals surface area contributed by atoms with Crippen molar-refractivity contribution >= 4 is 28.7 Å². The van der Waals surface area contributed by atoms with Gasteiger partial charge in [-0.3, -0.25) is 0 Å². The van der Waals surface area contributed by atoms with E-state index < -0.39 is 0 Å². The van der Waals surface area contributed by atoms with Gasteiger partial charge in [0.2, 0.25) is 11.6 Å². The highest BCUT2D eigenvalue weighted by Gasteiger charge is 2.13. The third-order valence-electron chi connectivity index (χ3n) is 2.90. The van der Waals surface area contributed by atoms with E-state index >= 15 is 0 Å².